The SMILES string of the molecule is Cc1cc(F)ccc1Nc1cc(-c2ccncc2)nc(NCC(=O)O)n1. The standard InChI is InChI=1S/C18H16FN5O2/c1-11-8-13(19)2-3-14(11)22-16-9-15(12-4-6-20-7-5-12)23-18(24-16)21-10-17(25)26/h2-9H,10H2,1H3,(H,25,26)(H2,21,22,23,24). The molecule has 0 spiro atoms. The number of aryl methyl sites for hydroxylation is 1. The van der Waals surface area contributed by atoms with Crippen molar-refractivity contribution >= 4 is 23.4 Å². The predicted molar refractivity (Wildman–Crippen MR) is 95.8 cm³/mol. The molecule has 132 valence electrons. The lowest BCUT2D eigenvalue weighted by Crippen LogP contribution is -2.15. The van der Waals surface area contributed by atoms with E-state index < -0.39 is 5.97 Å². The molecule has 26 heavy (non-hydrogen) atoms. The lowest BCUT2D eigenvalue weighted by atomic mass is 10.1. The van der Waals surface area contributed by atoms with Gasteiger partial charge >= 0.3 is 5.97 Å². The van der Waals surface area contributed by atoms with Crippen LogP contribution in [0.3, 0.4) is 0 Å². The Labute approximate surface area is 149 Å². The van der Waals surface area contributed by atoms with Crippen LogP contribution in [0.4, 0.5) is 21.8 Å². The minimum absolute atomic E-state index is 0.170. The highest BCUT2D eigenvalue weighted by Gasteiger charge is 2.09. The number of nitrogens with zero attached hydrogens (tertiary/aromatic N) is 3. The Hall–Kier alpha value is -3.55. The molecule has 3 aromatic rings. The summed E-state index contributed by atoms with van der Waals surface area (Å²) in [6.07, 6.45) is 3.28. The zero-order valence-electron chi connectivity index (χ0n) is 13.9. The minimum atomic E-state index is -1.02. The third-order valence-electron chi connectivity index (χ3n) is 3.55. The third-order valence-corrected chi connectivity index (χ3v) is 3.55. The number of carboxylic acid groups (broad SMARTS) is 1. The van der Waals surface area contributed by atoms with Crippen LogP contribution in [0.2, 0.25) is 0 Å². The number of aliphatic carboxylic acids is 1. The zero-order chi connectivity index (χ0) is 18.5. The van der Waals surface area contributed by atoms with Crippen LogP contribution in [-0.4, -0.2) is 32.6 Å². The third kappa shape index (κ3) is 4.29. The lowest BCUT2D eigenvalue weighted by molar-refractivity contribution is -0.134. The quantitative estimate of drug-likeness (QED) is 0.625. The highest BCUT2D eigenvalue weighted by Crippen LogP contribution is 2.25. The van der Waals surface area contributed by atoms with Crippen molar-refractivity contribution in [3.8, 4) is 11.3 Å². The molecule has 0 bridgehead atoms. The predicted octanol–water partition coefficient (Wildman–Crippen LogP) is 3.23. The molecule has 0 radical (unpaired) electrons. The van der Waals surface area contributed by atoms with E-state index in [4.69, 9.17) is 5.11 Å². The van der Waals surface area contributed by atoms with Crippen molar-refractivity contribution in [2.45, 2.75) is 6.92 Å². The Balaban J connectivity index is 1.97. The van der Waals surface area contributed by atoms with Crippen LogP contribution in [0.25, 0.3) is 11.3 Å². The first-order valence-corrected chi connectivity index (χ1v) is 7.79. The summed E-state index contributed by atoms with van der Waals surface area (Å²) in [4.78, 5) is 23.4. The molecule has 7 nitrogen and oxygen atoms in total. The maximum absolute atomic E-state index is 13.3. The fraction of sp³-hybridized carbons (Fsp3) is 0.111. The Bertz CT molecular complexity index is 934. The number of halogens is 1. The number of carboxylic acids is 1. The molecule has 3 rings (SSSR count). The smallest absolute Gasteiger partial charge is 0.322 e. The second-order valence-electron chi connectivity index (χ2n) is 5.53. The molecule has 3 N–H and O–H groups in total. The largest absolute Gasteiger partial charge is 0.480 e. The van der Waals surface area contributed by atoms with Gasteiger partial charge in [-0.3, -0.25) is 9.78 Å². The average molecular weight is 353 g/mol. The van der Waals surface area contributed by atoms with Crippen molar-refractivity contribution in [2.24, 2.45) is 0 Å². The molecule has 0 atom stereocenters. The van der Waals surface area contributed by atoms with E-state index in [0.717, 1.165) is 5.56 Å². The first kappa shape index (κ1) is 17.3. The molecule has 0 unspecified atom stereocenters. The van der Waals surface area contributed by atoms with Gasteiger partial charge in [0, 0.05) is 29.7 Å². The Morgan fingerprint density at radius 1 is 1.15 bits per heavy atom. The van der Waals surface area contributed by atoms with Gasteiger partial charge < -0.3 is 15.7 Å². The van der Waals surface area contributed by atoms with Crippen LogP contribution in [0, 0.1) is 12.7 Å². The summed E-state index contributed by atoms with van der Waals surface area (Å²) >= 11 is 0. The van der Waals surface area contributed by atoms with Crippen molar-refractivity contribution < 1.29 is 14.3 Å². The van der Waals surface area contributed by atoms with Gasteiger partial charge in [-0.25, -0.2) is 9.37 Å². The van der Waals surface area contributed by atoms with Crippen molar-refractivity contribution in [1.82, 2.24) is 15.0 Å². The molecule has 0 saturated carbocycles. The minimum Gasteiger partial charge on any atom is -0.480 e. The van der Waals surface area contributed by atoms with Gasteiger partial charge in [-0.05, 0) is 42.8 Å². The Morgan fingerprint density at radius 3 is 2.62 bits per heavy atom. The van der Waals surface area contributed by atoms with Gasteiger partial charge in [-0.1, -0.05) is 0 Å². The normalized spacial score (nSPS) is 10.4. The summed E-state index contributed by atoms with van der Waals surface area (Å²) in [5, 5.41) is 14.6. The van der Waals surface area contributed by atoms with E-state index in [9.17, 15) is 9.18 Å². The van der Waals surface area contributed by atoms with Crippen LogP contribution in [0.1, 0.15) is 5.56 Å². The number of hydrogen-bond acceptors (Lipinski definition) is 6. The van der Waals surface area contributed by atoms with Crippen LogP contribution in [0.5, 0.6) is 0 Å². The fourth-order valence-corrected chi connectivity index (χ4v) is 2.32. The number of aromatic nitrogens is 3. The molecule has 0 aliphatic rings. The van der Waals surface area contributed by atoms with Crippen LogP contribution in [0.15, 0.2) is 48.8 Å². The number of nitrogens with one attached hydrogen (secondary N) is 2. The summed E-state index contributed by atoms with van der Waals surface area (Å²) in [5.41, 5.74) is 2.81. The van der Waals surface area contributed by atoms with Gasteiger partial charge in [0.2, 0.25) is 5.95 Å². The van der Waals surface area contributed by atoms with Gasteiger partial charge in [-0.15, -0.1) is 0 Å². The highest BCUT2D eigenvalue weighted by atomic mass is 19.1. The first-order chi connectivity index (χ1) is 12.5. The van der Waals surface area contributed by atoms with E-state index >= 15 is 0 Å². The van der Waals surface area contributed by atoms with Gasteiger partial charge in [0.15, 0.2) is 0 Å². The molecule has 2 heterocycles. The fourth-order valence-electron chi connectivity index (χ4n) is 2.32. The second kappa shape index (κ2) is 7.56. The molecule has 8 heteroatoms. The van der Waals surface area contributed by atoms with Crippen molar-refractivity contribution in [1.29, 1.82) is 0 Å². The van der Waals surface area contributed by atoms with Crippen molar-refractivity contribution in [2.75, 3.05) is 17.2 Å². The van der Waals surface area contributed by atoms with Gasteiger partial charge in [0.05, 0.1) is 5.69 Å². The molecule has 0 amide bonds. The van der Waals surface area contributed by atoms with Crippen molar-refractivity contribution in [3.63, 3.8) is 0 Å². The van der Waals surface area contributed by atoms with Crippen LogP contribution >= 0.6 is 0 Å². The van der Waals surface area contributed by atoms with E-state index in [2.05, 4.69) is 25.6 Å². The first-order valence-electron chi connectivity index (χ1n) is 7.79. The monoisotopic (exact) mass is 353 g/mol. The van der Waals surface area contributed by atoms with E-state index in [-0.39, 0.29) is 18.3 Å². The summed E-state index contributed by atoms with van der Waals surface area (Å²) in [6, 6.07) is 9.68. The molecule has 0 aliphatic heterocycles. The Morgan fingerprint density at radius 2 is 1.92 bits per heavy atom. The van der Waals surface area contributed by atoms with E-state index in [1.165, 1.54) is 12.1 Å². The number of rotatable bonds is 6. The number of anilines is 3. The van der Waals surface area contributed by atoms with Gasteiger partial charge in [0.25, 0.3) is 0 Å². The average Bonchev–Trinajstić information content (AvgIpc) is 2.63. The molecular formula is C18H16FN5O2. The number of benzene rings is 1. The van der Waals surface area contributed by atoms with E-state index in [1.54, 1.807) is 43.6 Å². The topological polar surface area (TPSA) is 100 Å². The summed E-state index contributed by atoms with van der Waals surface area (Å²) in [7, 11) is 0. The number of carbonyl (C=O) groups is 1. The van der Waals surface area contributed by atoms with Gasteiger partial charge in [0.1, 0.15) is 18.2 Å². The van der Waals surface area contributed by atoms with E-state index in [0.29, 0.717) is 22.8 Å². The maximum Gasteiger partial charge on any atom is 0.322 e. The number of pyridine rings is 1. The van der Waals surface area contributed by atoms with E-state index in [1.807, 2.05) is 0 Å². The molecule has 1 aromatic carbocycles. The lowest BCUT2D eigenvalue weighted by Gasteiger charge is -2.12. The molecule has 2 aromatic heterocycles. The van der Waals surface area contributed by atoms with Crippen LogP contribution in [-0.2, 0) is 4.79 Å². The number of hydrogen-bond donors (Lipinski definition) is 3. The van der Waals surface area contributed by atoms with Crippen molar-refractivity contribution in [3.05, 3.63) is 60.2 Å². The molecular weight excluding hydrogens is 337 g/mol. The molecule has 0 fully saturated rings. The summed E-state index contributed by atoms with van der Waals surface area (Å²) in [6.45, 7) is 1.47. The molecule has 0 aliphatic carbocycles. The second-order valence-corrected chi connectivity index (χ2v) is 5.53. The van der Waals surface area contributed by atoms with Crippen LogP contribution < -0.4 is 10.6 Å². The Kier molecular flexibility index (Phi) is 5.02. The zero-order valence-corrected chi connectivity index (χ0v) is 13.9. The summed E-state index contributed by atoms with van der Waals surface area (Å²) in [5.74, 6) is -0.720. The molecule has 0 saturated heterocycles. The maximum atomic E-state index is 13.3. The summed E-state index contributed by atoms with van der Waals surface area (Å²) < 4.78 is 13.3. The highest BCUT2D eigenvalue weighted by molar-refractivity contribution is 5.73. The van der Waals surface area contributed by atoms with Gasteiger partial charge in [-0.2, -0.15) is 4.98 Å².